The Hall–Kier alpha value is -0.800. The molecule has 0 spiro atoms. The molecule has 1 N–H and O–H groups in total. The van der Waals surface area contributed by atoms with E-state index in [1.807, 2.05) is 6.07 Å². The number of aldehydes is 1. The Balaban J connectivity index is 2.72. The van der Waals surface area contributed by atoms with Crippen LogP contribution < -0.4 is 0 Å². The molecule has 0 aliphatic heterocycles. The van der Waals surface area contributed by atoms with Gasteiger partial charge in [0.05, 0.1) is 20.2 Å². The number of hydrogen-bond donors (Lipinski definition) is 1. The molecule has 0 amide bonds. The molecular weight excluding hydrogens is 182 g/mol. The van der Waals surface area contributed by atoms with E-state index in [-0.39, 0.29) is 0 Å². The second-order valence-corrected chi connectivity index (χ2v) is 3.89. The van der Waals surface area contributed by atoms with Gasteiger partial charge in [0.15, 0.2) is 6.29 Å². The van der Waals surface area contributed by atoms with E-state index in [0.717, 1.165) is 20.8 Å². The molecule has 0 bridgehead atoms. The van der Waals surface area contributed by atoms with Crippen LogP contribution in [-0.2, 0) is 0 Å². The molecule has 0 fully saturated rings. The largest absolute Gasteiger partial charge is 0.352 e. The van der Waals surface area contributed by atoms with Gasteiger partial charge in [0.2, 0.25) is 0 Å². The van der Waals surface area contributed by atoms with E-state index in [1.54, 1.807) is 6.07 Å². The van der Waals surface area contributed by atoms with Crippen LogP contribution >= 0.6 is 22.9 Å². The van der Waals surface area contributed by atoms with Gasteiger partial charge in [0.25, 0.3) is 0 Å². The van der Waals surface area contributed by atoms with Crippen molar-refractivity contribution in [2.45, 2.75) is 0 Å². The van der Waals surface area contributed by atoms with Crippen LogP contribution in [0.25, 0.3) is 10.2 Å². The fourth-order valence-electron chi connectivity index (χ4n) is 0.975. The number of H-pyrrole nitrogens is 1. The summed E-state index contributed by atoms with van der Waals surface area (Å²) >= 11 is 7.19. The highest BCUT2D eigenvalue weighted by molar-refractivity contribution is 7.22. The minimum absolute atomic E-state index is 0.600. The number of halogens is 1. The van der Waals surface area contributed by atoms with Crippen molar-refractivity contribution in [3.63, 3.8) is 0 Å². The number of aromatic amines is 1. The smallest absolute Gasteiger partial charge is 0.166 e. The maximum atomic E-state index is 10.3. The average Bonchev–Trinajstić information content (AvgIpc) is 2.43. The molecule has 0 radical (unpaired) electrons. The van der Waals surface area contributed by atoms with Gasteiger partial charge in [-0.15, -0.1) is 11.3 Å². The third-order valence-corrected chi connectivity index (χ3v) is 2.63. The molecule has 56 valence electrons. The number of aromatic nitrogens is 1. The van der Waals surface area contributed by atoms with Crippen molar-refractivity contribution in [2.75, 3.05) is 0 Å². The maximum absolute atomic E-state index is 10.3. The lowest BCUT2D eigenvalue weighted by atomic mass is 10.5. The van der Waals surface area contributed by atoms with Crippen molar-refractivity contribution in [1.82, 2.24) is 4.98 Å². The van der Waals surface area contributed by atoms with Crippen molar-refractivity contribution in [3.05, 3.63) is 22.2 Å². The predicted molar refractivity (Wildman–Crippen MR) is 46.6 cm³/mol. The van der Waals surface area contributed by atoms with Gasteiger partial charge in [0.1, 0.15) is 0 Å². The lowest BCUT2D eigenvalue weighted by Gasteiger charge is -1.76. The van der Waals surface area contributed by atoms with Gasteiger partial charge in [-0.1, -0.05) is 11.6 Å². The van der Waals surface area contributed by atoms with Crippen LogP contribution in [0.15, 0.2) is 12.1 Å². The second-order valence-electron chi connectivity index (χ2n) is 2.17. The van der Waals surface area contributed by atoms with Gasteiger partial charge in [0, 0.05) is 0 Å². The highest BCUT2D eigenvalue weighted by Crippen LogP contribution is 2.29. The summed E-state index contributed by atoms with van der Waals surface area (Å²) in [6.07, 6.45) is 0.792. The Morgan fingerprint density at radius 2 is 2.36 bits per heavy atom. The van der Waals surface area contributed by atoms with Crippen LogP contribution in [0.4, 0.5) is 0 Å². The topological polar surface area (TPSA) is 32.9 Å². The molecule has 2 rings (SSSR count). The van der Waals surface area contributed by atoms with Crippen LogP contribution in [0.1, 0.15) is 10.5 Å². The predicted octanol–water partition coefficient (Wildman–Crippen LogP) is 2.70. The van der Waals surface area contributed by atoms with E-state index in [4.69, 9.17) is 11.6 Å². The summed E-state index contributed by atoms with van der Waals surface area (Å²) in [5.41, 5.74) is 1.53. The number of nitrogens with one attached hydrogen (secondary N) is 1. The summed E-state index contributed by atoms with van der Waals surface area (Å²) in [5.74, 6) is 0. The van der Waals surface area contributed by atoms with E-state index >= 15 is 0 Å². The summed E-state index contributed by atoms with van der Waals surface area (Å²) in [7, 11) is 0. The molecule has 0 saturated heterocycles. The molecule has 0 aliphatic rings. The number of carbonyl (C=O) groups is 1. The third-order valence-electron chi connectivity index (χ3n) is 1.42. The van der Waals surface area contributed by atoms with Gasteiger partial charge < -0.3 is 4.98 Å². The fourth-order valence-corrected chi connectivity index (χ4v) is 2.13. The number of hydrogen-bond acceptors (Lipinski definition) is 2. The maximum Gasteiger partial charge on any atom is 0.166 e. The molecule has 2 aromatic rings. The molecule has 0 unspecified atom stereocenters. The minimum Gasteiger partial charge on any atom is -0.352 e. The normalized spacial score (nSPS) is 10.6. The standard InChI is InChI=1S/C7H4ClNOS/c8-7-2-5-6(11-7)1-4(3-10)9-5/h1-3,9H. The van der Waals surface area contributed by atoms with Crippen LogP contribution in [0.5, 0.6) is 0 Å². The zero-order valence-corrected chi connectivity index (χ0v) is 7.00. The van der Waals surface area contributed by atoms with E-state index in [0.29, 0.717) is 5.69 Å². The van der Waals surface area contributed by atoms with Crippen LogP contribution in [-0.4, -0.2) is 11.3 Å². The summed E-state index contributed by atoms with van der Waals surface area (Å²) in [4.78, 5) is 13.2. The molecule has 0 aromatic carbocycles. The Labute approximate surface area is 71.8 Å². The van der Waals surface area contributed by atoms with Gasteiger partial charge in [-0.2, -0.15) is 0 Å². The monoisotopic (exact) mass is 185 g/mol. The highest BCUT2D eigenvalue weighted by Gasteiger charge is 2.02. The molecule has 2 heterocycles. The van der Waals surface area contributed by atoms with E-state index in [1.165, 1.54) is 11.3 Å². The summed E-state index contributed by atoms with van der Waals surface area (Å²) in [6, 6.07) is 3.60. The van der Waals surface area contributed by atoms with Gasteiger partial charge in [-0.05, 0) is 12.1 Å². The highest BCUT2D eigenvalue weighted by atomic mass is 35.5. The van der Waals surface area contributed by atoms with E-state index < -0.39 is 0 Å². The number of carbonyl (C=O) groups excluding carboxylic acids is 1. The first kappa shape index (κ1) is 6.88. The average molecular weight is 186 g/mol. The van der Waals surface area contributed by atoms with Crippen molar-refractivity contribution in [1.29, 1.82) is 0 Å². The first-order valence-electron chi connectivity index (χ1n) is 3.03. The molecule has 2 nitrogen and oxygen atoms in total. The minimum atomic E-state index is 0.600. The first-order valence-corrected chi connectivity index (χ1v) is 4.22. The van der Waals surface area contributed by atoms with Crippen molar-refractivity contribution in [3.8, 4) is 0 Å². The van der Waals surface area contributed by atoms with E-state index in [9.17, 15) is 4.79 Å². The van der Waals surface area contributed by atoms with Crippen LogP contribution in [0, 0.1) is 0 Å². The third kappa shape index (κ3) is 1.06. The Kier molecular flexibility index (Phi) is 1.47. The van der Waals surface area contributed by atoms with E-state index in [2.05, 4.69) is 4.98 Å². The summed E-state index contributed by atoms with van der Waals surface area (Å²) < 4.78 is 1.76. The van der Waals surface area contributed by atoms with Crippen LogP contribution in [0.2, 0.25) is 4.34 Å². The molecular formula is C7H4ClNOS. The van der Waals surface area contributed by atoms with Crippen LogP contribution in [0.3, 0.4) is 0 Å². The lowest BCUT2D eigenvalue weighted by Crippen LogP contribution is -1.74. The summed E-state index contributed by atoms with van der Waals surface area (Å²) in [5, 5.41) is 0. The van der Waals surface area contributed by atoms with Gasteiger partial charge in [-0.25, -0.2) is 0 Å². The Morgan fingerprint density at radius 1 is 1.55 bits per heavy atom. The molecule has 2 aromatic heterocycles. The van der Waals surface area contributed by atoms with Gasteiger partial charge in [-0.3, -0.25) is 4.79 Å². The van der Waals surface area contributed by atoms with Crippen molar-refractivity contribution >= 4 is 39.4 Å². The Bertz CT molecular complexity index is 372. The summed E-state index contributed by atoms with van der Waals surface area (Å²) in [6.45, 7) is 0. The molecule has 4 heteroatoms. The molecule has 0 atom stereocenters. The van der Waals surface area contributed by atoms with Gasteiger partial charge >= 0.3 is 0 Å². The quantitative estimate of drug-likeness (QED) is 0.681. The number of rotatable bonds is 1. The van der Waals surface area contributed by atoms with Crippen molar-refractivity contribution < 1.29 is 4.79 Å². The molecule has 0 aliphatic carbocycles. The lowest BCUT2D eigenvalue weighted by molar-refractivity contribution is 0.112. The Morgan fingerprint density at radius 3 is 3.00 bits per heavy atom. The number of fused-ring (bicyclic) bond motifs is 1. The first-order chi connectivity index (χ1) is 5.29. The zero-order valence-electron chi connectivity index (χ0n) is 5.43. The van der Waals surface area contributed by atoms with Crippen molar-refractivity contribution in [2.24, 2.45) is 0 Å². The fraction of sp³-hybridized carbons (Fsp3) is 0. The molecule has 0 saturated carbocycles. The zero-order chi connectivity index (χ0) is 7.84. The molecule has 11 heavy (non-hydrogen) atoms. The second kappa shape index (κ2) is 2.36. The SMILES string of the molecule is O=Cc1cc2sc(Cl)cc2[nH]1. The number of thiophene rings is 1.